The van der Waals surface area contributed by atoms with Crippen molar-refractivity contribution < 1.29 is 0 Å². The predicted octanol–water partition coefficient (Wildman–Crippen LogP) is 4.20. The third-order valence-electron chi connectivity index (χ3n) is 3.78. The SMILES string of the molecule is CCCCC1N(Cc2ccccc2)C=CN1C(C)C. The largest absolute Gasteiger partial charge is 0.354 e. The van der Waals surface area contributed by atoms with E-state index >= 15 is 0 Å². The van der Waals surface area contributed by atoms with Crippen molar-refractivity contribution in [3.8, 4) is 0 Å². The van der Waals surface area contributed by atoms with Gasteiger partial charge in [-0.2, -0.15) is 0 Å². The number of hydrogen-bond acceptors (Lipinski definition) is 2. The summed E-state index contributed by atoms with van der Waals surface area (Å²) in [5.74, 6) is 0. The van der Waals surface area contributed by atoms with Crippen LogP contribution in [-0.2, 0) is 6.54 Å². The average molecular weight is 258 g/mol. The van der Waals surface area contributed by atoms with Gasteiger partial charge in [-0.1, -0.05) is 43.7 Å². The van der Waals surface area contributed by atoms with Crippen LogP contribution in [-0.4, -0.2) is 22.0 Å². The summed E-state index contributed by atoms with van der Waals surface area (Å²) < 4.78 is 0. The standard InChI is InChI=1S/C17H26N2/c1-4-5-11-17-18(12-13-19(17)15(2)3)14-16-9-7-6-8-10-16/h6-10,12-13,15,17H,4-5,11,14H2,1-3H3. The van der Waals surface area contributed by atoms with Gasteiger partial charge in [0.15, 0.2) is 0 Å². The fraction of sp³-hybridized carbons (Fsp3) is 0.529. The van der Waals surface area contributed by atoms with E-state index in [1.165, 1.54) is 24.8 Å². The van der Waals surface area contributed by atoms with Crippen LogP contribution in [0, 0.1) is 0 Å². The minimum atomic E-state index is 0.528. The molecule has 0 aromatic heterocycles. The summed E-state index contributed by atoms with van der Waals surface area (Å²) in [4.78, 5) is 4.96. The Labute approximate surface area is 117 Å². The molecule has 2 nitrogen and oxygen atoms in total. The zero-order valence-electron chi connectivity index (χ0n) is 12.4. The molecule has 1 aromatic rings. The zero-order valence-corrected chi connectivity index (χ0v) is 12.4. The fourth-order valence-electron chi connectivity index (χ4n) is 2.70. The van der Waals surface area contributed by atoms with E-state index in [9.17, 15) is 0 Å². The number of rotatable bonds is 6. The molecule has 0 N–H and O–H groups in total. The molecule has 2 heteroatoms. The Morgan fingerprint density at radius 1 is 1.11 bits per heavy atom. The van der Waals surface area contributed by atoms with E-state index in [4.69, 9.17) is 0 Å². The van der Waals surface area contributed by atoms with Crippen LogP contribution < -0.4 is 0 Å². The van der Waals surface area contributed by atoms with E-state index in [1.807, 2.05) is 0 Å². The molecule has 1 aliphatic rings. The van der Waals surface area contributed by atoms with Crippen molar-refractivity contribution in [2.24, 2.45) is 0 Å². The topological polar surface area (TPSA) is 6.48 Å². The van der Waals surface area contributed by atoms with Crippen molar-refractivity contribution >= 4 is 0 Å². The minimum Gasteiger partial charge on any atom is -0.354 e. The summed E-state index contributed by atoms with van der Waals surface area (Å²) in [5.41, 5.74) is 1.39. The quantitative estimate of drug-likeness (QED) is 0.754. The molecule has 1 aromatic carbocycles. The molecule has 0 bridgehead atoms. The van der Waals surface area contributed by atoms with Gasteiger partial charge in [-0.25, -0.2) is 0 Å². The number of unbranched alkanes of at least 4 members (excludes halogenated alkanes) is 1. The first-order valence-corrected chi connectivity index (χ1v) is 7.47. The predicted molar refractivity (Wildman–Crippen MR) is 81.4 cm³/mol. The fourth-order valence-corrected chi connectivity index (χ4v) is 2.70. The molecule has 1 unspecified atom stereocenters. The van der Waals surface area contributed by atoms with Gasteiger partial charge in [-0.05, 0) is 32.3 Å². The maximum absolute atomic E-state index is 2.48. The van der Waals surface area contributed by atoms with Crippen molar-refractivity contribution in [3.05, 3.63) is 48.3 Å². The second kappa shape index (κ2) is 6.65. The van der Waals surface area contributed by atoms with E-state index < -0.39 is 0 Å². The molecule has 0 saturated carbocycles. The van der Waals surface area contributed by atoms with Gasteiger partial charge in [0.1, 0.15) is 6.17 Å². The Morgan fingerprint density at radius 3 is 2.47 bits per heavy atom. The lowest BCUT2D eigenvalue weighted by molar-refractivity contribution is 0.111. The van der Waals surface area contributed by atoms with Crippen molar-refractivity contribution in [3.63, 3.8) is 0 Å². The van der Waals surface area contributed by atoms with Gasteiger partial charge in [-0.3, -0.25) is 0 Å². The molecular weight excluding hydrogens is 232 g/mol. The van der Waals surface area contributed by atoms with Crippen LogP contribution in [0.1, 0.15) is 45.6 Å². The Hall–Kier alpha value is -1.44. The smallest absolute Gasteiger partial charge is 0.101 e. The molecule has 0 spiro atoms. The molecular formula is C17H26N2. The van der Waals surface area contributed by atoms with E-state index in [2.05, 4.69) is 73.3 Å². The highest BCUT2D eigenvalue weighted by Gasteiger charge is 2.27. The average Bonchev–Trinajstić information content (AvgIpc) is 2.80. The molecule has 0 radical (unpaired) electrons. The van der Waals surface area contributed by atoms with E-state index in [-0.39, 0.29) is 0 Å². The first-order valence-electron chi connectivity index (χ1n) is 7.47. The first-order chi connectivity index (χ1) is 9.22. The summed E-state index contributed by atoms with van der Waals surface area (Å²) in [5, 5.41) is 0. The van der Waals surface area contributed by atoms with Crippen LogP contribution in [0.3, 0.4) is 0 Å². The minimum absolute atomic E-state index is 0.528. The van der Waals surface area contributed by atoms with Gasteiger partial charge >= 0.3 is 0 Å². The first kappa shape index (κ1) is 14.0. The summed E-state index contributed by atoms with van der Waals surface area (Å²) >= 11 is 0. The van der Waals surface area contributed by atoms with Gasteiger partial charge in [0.2, 0.25) is 0 Å². The molecule has 0 amide bonds. The molecule has 2 rings (SSSR count). The van der Waals surface area contributed by atoms with Gasteiger partial charge < -0.3 is 9.80 Å². The van der Waals surface area contributed by atoms with Crippen molar-refractivity contribution in [2.45, 2.75) is 58.8 Å². The lowest BCUT2D eigenvalue weighted by atomic mass is 10.1. The highest BCUT2D eigenvalue weighted by atomic mass is 15.4. The number of nitrogens with zero attached hydrogens (tertiary/aromatic N) is 2. The Balaban J connectivity index is 2.04. The second-order valence-electron chi connectivity index (χ2n) is 5.62. The third kappa shape index (κ3) is 3.52. The van der Waals surface area contributed by atoms with E-state index in [0.717, 1.165) is 6.54 Å². The van der Waals surface area contributed by atoms with Crippen molar-refractivity contribution in [1.29, 1.82) is 0 Å². The molecule has 1 heterocycles. The monoisotopic (exact) mass is 258 g/mol. The highest BCUT2D eigenvalue weighted by molar-refractivity contribution is 5.16. The Bertz CT molecular complexity index is 397. The zero-order chi connectivity index (χ0) is 13.7. The third-order valence-corrected chi connectivity index (χ3v) is 3.78. The van der Waals surface area contributed by atoms with Crippen LogP contribution in [0.25, 0.3) is 0 Å². The lowest BCUT2D eigenvalue weighted by Crippen LogP contribution is -2.41. The summed E-state index contributed by atoms with van der Waals surface area (Å²) in [6.07, 6.45) is 8.85. The normalized spacial score (nSPS) is 18.6. The molecule has 0 aliphatic carbocycles. The van der Waals surface area contributed by atoms with Crippen LogP contribution in [0.2, 0.25) is 0 Å². The van der Waals surface area contributed by atoms with Gasteiger partial charge in [0, 0.05) is 25.0 Å². The van der Waals surface area contributed by atoms with Crippen LogP contribution in [0.15, 0.2) is 42.7 Å². The molecule has 104 valence electrons. The van der Waals surface area contributed by atoms with Gasteiger partial charge in [-0.15, -0.1) is 0 Å². The van der Waals surface area contributed by atoms with Crippen LogP contribution in [0.4, 0.5) is 0 Å². The summed E-state index contributed by atoms with van der Waals surface area (Å²) in [6, 6.07) is 11.3. The highest BCUT2D eigenvalue weighted by Crippen LogP contribution is 2.25. The maximum Gasteiger partial charge on any atom is 0.101 e. The van der Waals surface area contributed by atoms with Gasteiger partial charge in [0.05, 0.1) is 0 Å². The maximum atomic E-state index is 2.48. The molecule has 1 aliphatic heterocycles. The van der Waals surface area contributed by atoms with Crippen molar-refractivity contribution in [1.82, 2.24) is 9.80 Å². The lowest BCUT2D eigenvalue weighted by Gasteiger charge is -2.35. The van der Waals surface area contributed by atoms with Crippen LogP contribution >= 0.6 is 0 Å². The molecule has 1 atom stereocenters. The Morgan fingerprint density at radius 2 is 1.84 bits per heavy atom. The van der Waals surface area contributed by atoms with Gasteiger partial charge in [0.25, 0.3) is 0 Å². The molecule has 0 fully saturated rings. The summed E-state index contributed by atoms with van der Waals surface area (Å²) in [6.45, 7) is 7.82. The number of benzene rings is 1. The van der Waals surface area contributed by atoms with Crippen LogP contribution in [0.5, 0.6) is 0 Å². The molecule has 0 saturated heterocycles. The van der Waals surface area contributed by atoms with Crippen molar-refractivity contribution in [2.75, 3.05) is 0 Å². The van der Waals surface area contributed by atoms with E-state index in [0.29, 0.717) is 12.2 Å². The second-order valence-corrected chi connectivity index (χ2v) is 5.62. The number of hydrogen-bond donors (Lipinski definition) is 0. The van der Waals surface area contributed by atoms with E-state index in [1.54, 1.807) is 0 Å². The summed E-state index contributed by atoms with van der Waals surface area (Å²) in [7, 11) is 0. The molecule has 19 heavy (non-hydrogen) atoms. The Kier molecular flexibility index (Phi) is 4.89.